The van der Waals surface area contributed by atoms with E-state index in [0.29, 0.717) is 11.8 Å². The molecule has 22 heavy (non-hydrogen) atoms. The second-order valence-corrected chi connectivity index (χ2v) is 7.06. The van der Waals surface area contributed by atoms with Gasteiger partial charge in [-0.1, -0.05) is 19.3 Å². The van der Waals surface area contributed by atoms with Crippen LogP contribution in [0.15, 0.2) is 41.6 Å². The monoisotopic (exact) mass is 302 g/mol. The van der Waals surface area contributed by atoms with Gasteiger partial charge in [0.15, 0.2) is 5.66 Å². The van der Waals surface area contributed by atoms with E-state index < -0.39 is 5.66 Å². The molecule has 3 aliphatic carbocycles. The molecule has 4 aliphatic rings. The number of rotatable bonds is 0. The van der Waals surface area contributed by atoms with Crippen molar-refractivity contribution < 1.29 is 0 Å². The van der Waals surface area contributed by atoms with Crippen LogP contribution in [0.5, 0.6) is 0 Å². The maximum atomic E-state index is 4.44. The third kappa shape index (κ3) is 2.38. The minimum Gasteiger partial charge on any atom is -0.134 e. The van der Waals surface area contributed by atoms with Gasteiger partial charge in [-0.3, -0.25) is 0 Å². The van der Waals surface area contributed by atoms with Gasteiger partial charge in [0.2, 0.25) is 0 Å². The maximum absolute atomic E-state index is 4.44. The van der Waals surface area contributed by atoms with Crippen molar-refractivity contribution in [1.82, 2.24) is 0 Å². The highest BCUT2D eigenvalue weighted by atomic mass is 15.7. The first-order chi connectivity index (χ1) is 10.9. The highest BCUT2D eigenvalue weighted by Crippen LogP contribution is 2.56. The molecule has 4 unspecified atom stereocenters. The van der Waals surface area contributed by atoms with E-state index in [1.807, 2.05) is 0 Å². The Balaban J connectivity index is 1.66. The summed E-state index contributed by atoms with van der Waals surface area (Å²) in [5.41, 5.74) is -0.590. The Morgan fingerprint density at radius 2 is 1.27 bits per heavy atom. The normalized spacial score (nSPS) is 44.0. The standard InChI is InChI=1S/C14H22N8/c1-2-5-11-10(4-1)7-8-13-12(11)6-3-9-14(13)15-17-19-21-22-20-18-16-14/h10-13H,1-9H2. The predicted octanol–water partition coefficient (Wildman–Crippen LogP) is 5.27. The SMILES string of the molecule is C1CCC2C(C1)CCC1C2CCCC12N=NN=NN=NN=N2. The van der Waals surface area contributed by atoms with Gasteiger partial charge in [-0.25, -0.2) is 0 Å². The van der Waals surface area contributed by atoms with Gasteiger partial charge >= 0.3 is 0 Å². The zero-order chi connectivity index (χ0) is 14.8. The summed E-state index contributed by atoms with van der Waals surface area (Å²) < 4.78 is 0. The van der Waals surface area contributed by atoms with Crippen molar-refractivity contribution in [3.05, 3.63) is 0 Å². The Kier molecular flexibility index (Phi) is 3.75. The van der Waals surface area contributed by atoms with Gasteiger partial charge in [0.05, 0.1) is 0 Å². The summed E-state index contributed by atoms with van der Waals surface area (Å²) in [7, 11) is 0. The Hall–Kier alpha value is -1.60. The molecule has 4 rings (SSSR count). The van der Waals surface area contributed by atoms with Crippen LogP contribution < -0.4 is 0 Å². The largest absolute Gasteiger partial charge is 0.198 e. The van der Waals surface area contributed by atoms with Gasteiger partial charge in [-0.05, 0) is 87.6 Å². The first-order valence-corrected chi connectivity index (χ1v) is 8.53. The Bertz CT molecular complexity index is 503. The van der Waals surface area contributed by atoms with E-state index in [4.69, 9.17) is 0 Å². The molecule has 0 radical (unpaired) electrons. The van der Waals surface area contributed by atoms with Crippen LogP contribution in [0.25, 0.3) is 0 Å². The fourth-order valence-electron chi connectivity index (χ4n) is 5.37. The average molecular weight is 302 g/mol. The van der Waals surface area contributed by atoms with Crippen molar-refractivity contribution in [1.29, 1.82) is 0 Å². The molecule has 0 aromatic heterocycles. The van der Waals surface area contributed by atoms with E-state index in [2.05, 4.69) is 41.6 Å². The summed E-state index contributed by atoms with van der Waals surface area (Å²) >= 11 is 0. The lowest BCUT2D eigenvalue weighted by atomic mass is 9.55. The zero-order valence-electron chi connectivity index (χ0n) is 12.8. The van der Waals surface area contributed by atoms with Gasteiger partial charge in [0.1, 0.15) is 0 Å². The third-order valence-electron chi connectivity index (χ3n) is 6.19. The van der Waals surface area contributed by atoms with Crippen LogP contribution in [0.2, 0.25) is 0 Å². The quantitative estimate of drug-likeness (QED) is 0.582. The molecule has 0 bridgehead atoms. The fraction of sp³-hybridized carbons (Fsp3) is 1.00. The lowest BCUT2D eigenvalue weighted by molar-refractivity contribution is -0.0173. The smallest absolute Gasteiger partial charge is 0.134 e. The molecule has 3 fully saturated rings. The lowest BCUT2D eigenvalue weighted by Crippen LogP contribution is -2.49. The van der Waals surface area contributed by atoms with Crippen LogP contribution in [0.4, 0.5) is 0 Å². The summed E-state index contributed by atoms with van der Waals surface area (Å²) in [6.45, 7) is 0. The number of nitrogens with zero attached hydrogens (tertiary/aromatic N) is 8. The highest BCUT2D eigenvalue weighted by molar-refractivity contribution is 5.03. The molecule has 8 nitrogen and oxygen atoms in total. The first-order valence-electron chi connectivity index (χ1n) is 8.53. The first kappa shape index (κ1) is 14.0. The molecule has 0 aromatic carbocycles. The third-order valence-corrected chi connectivity index (χ3v) is 6.19. The summed E-state index contributed by atoms with van der Waals surface area (Å²) in [5.74, 6) is 2.86. The van der Waals surface area contributed by atoms with Crippen molar-refractivity contribution >= 4 is 0 Å². The van der Waals surface area contributed by atoms with Gasteiger partial charge in [-0.15, -0.1) is 10.2 Å². The minimum atomic E-state index is -0.590. The predicted molar refractivity (Wildman–Crippen MR) is 77.7 cm³/mol. The van der Waals surface area contributed by atoms with Crippen LogP contribution in [0.3, 0.4) is 0 Å². The molecule has 8 heteroatoms. The number of hydrogen-bond acceptors (Lipinski definition) is 8. The second kappa shape index (κ2) is 5.89. The Labute approximate surface area is 129 Å². The summed E-state index contributed by atoms with van der Waals surface area (Å²) in [4.78, 5) is 0. The van der Waals surface area contributed by atoms with E-state index >= 15 is 0 Å². The van der Waals surface area contributed by atoms with E-state index in [9.17, 15) is 0 Å². The molecular weight excluding hydrogens is 280 g/mol. The van der Waals surface area contributed by atoms with Gasteiger partial charge in [0, 0.05) is 5.92 Å². The molecular formula is C14H22N8. The molecule has 1 spiro atoms. The zero-order valence-corrected chi connectivity index (χ0v) is 12.8. The van der Waals surface area contributed by atoms with Crippen molar-refractivity contribution in [3.63, 3.8) is 0 Å². The van der Waals surface area contributed by atoms with Crippen LogP contribution in [-0.4, -0.2) is 5.66 Å². The Morgan fingerprint density at radius 3 is 2.09 bits per heavy atom. The second-order valence-electron chi connectivity index (χ2n) is 7.06. The van der Waals surface area contributed by atoms with Crippen LogP contribution in [0.1, 0.15) is 57.8 Å². The molecule has 1 heterocycles. The van der Waals surface area contributed by atoms with Gasteiger partial charge in [0.25, 0.3) is 0 Å². The van der Waals surface area contributed by atoms with Gasteiger partial charge < -0.3 is 0 Å². The van der Waals surface area contributed by atoms with E-state index in [0.717, 1.165) is 31.1 Å². The molecule has 3 saturated carbocycles. The van der Waals surface area contributed by atoms with Crippen molar-refractivity contribution in [3.8, 4) is 0 Å². The molecule has 4 atom stereocenters. The Morgan fingerprint density at radius 1 is 0.591 bits per heavy atom. The van der Waals surface area contributed by atoms with Crippen molar-refractivity contribution in [2.24, 2.45) is 65.2 Å². The summed E-state index contributed by atoms with van der Waals surface area (Å²) in [6, 6.07) is 0. The highest BCUT2D eigenvalue weighted by Gasteiger charge is 2.53. The van der Waals surface area contributed by atoms with Gasteiger partial charge in [-0.2, -0.15) is 0 Å². The number of fused-ring (bicyclic) bond motifs is 4. The lowest BCUT2D eigenvalue weighted by Gasteiger charge is -2.51. The molecule has 0 saturated heterocycles. The van der Waals surface area contributed by atoms with Crippen molar-refractivity contribution in [2.75, 3.05) is 0 Å². The van der Waals surface area contributed by atoms with Crippen LogP contribution in [-0.2, 0) is 0 Å². The summed E-state index contributed by atoms with van der Waals surface area (Å²) in [6.07, 6.45) is 11.3. The minimum absolute atomic E-state index is 0.414. The van der Waals surface area contributed by atoms with E-state index in [1.165, 1.54) is 38.5 Å². The van der Waals surface area contributed by atoms with Crippen LogP contribution in [0, 0.1) is 23.7 Å². The molecule has 118 valence electrons. The van der Waals surface area contributed by atoms with E-state index in [-0.39, 0.29) is 0 Å². The fourth-order valence-corrected chi connectivity index (χ4v) is 5.37. The number of hydrogen-bond donors (Lipinski definition) is 0. The van der Waals surface area contributed by atoms with Crippen molar-refractivity contribution in [2.45, 2.75) is 63.5 Å². The van der Waals surface area contributed by atoms with Crippen LogP contribution >= 0.6 is 0 Å². The van der Waals surface area contributed by atoms with E-state index in [1.54, 1.807) is 0 Å². The topological polar surface area (TPSA) is 98.9 Å². The molecule has 0 aromatic rings. The molecule has 0 amide bonds. The summed E-state index contributed by atoms with van der Waals surface area (Å²) in [5, 5.41) is 30.5. The molecule has 1 aliphatic heterocycles. The molecule has 0 N–H and O–H groups in total. The average Bonchev–Trinajstić information content (AvgIpc) is 2.68. The maximum Gasteiger partial charge on any atom is 0.198 e.